The topological polar surface area (TPSA) is 52.9 Å². The lowest BCUT2D eigenvalue weighted by atomic mass is 10.2. The molecule has 5 heteroatoms. The molecule has 2 aromatic carbocycles. The molecule has 0 aliphatic heterocycles. The first-order valence-corrected chi connectivity index (χ1v) is 5.74. The highest BCUT2D eigenvalue weighted by Crippen LogP contribution is 2.17. The summed E-state index contributed by atoms with van der Waals surface area (Å²) in [5.74, 6) is -1.24. The van der Waals surface area contributed by atoms with Gasteiger partial charge in [-0.3, -0.25) is 4.79 Å². The molecule has 0 fully saturated rings. The number of carbonyl (C=O) groups excluding carboxylic acids is 1. The predicted octanol–water partition coefficient (Wildman–Crippen LogP) is 3.60. The van der Waals surface area contributed by atoms with Crippen molar-refractivity contribution >= 4 is 23.2 Å². The fraction of sp³-hybridized carbons (Fsp3) is 0. The first-order chi connectivity index (χ1) is 9.10. The van der Waals surface area contributed by atoms with Crippen molar-refractivity contribution in [3.63, 3.8) is 0 Å². The molecule has 0 saturated carbocycles. The van der Waals surface area contributed by atoms with Crippen LogP contribution >= 0.6 is 11.6 Å². The van der Waals surface area contributed by atoms with Gasteiger partial charge in [-0.15, -0.1) is 0 Å². The van der Waals surface area contributed by atoms with Gasteiger partial charge in [0.15, 0.2) is 0 Å². The van der Waals surface area contributed by atoms with Crippen LogP contribution in [-0.2, 0) is 0 Å². The zero-order valence-electron chi connectivity index (χ0n) is 9.65. The standard InChI is InChI=1S/C14H8ClFN2O/c15-10-3-6-13(16)12(7-10)14(19)18-11-4-1-9(8-17)2-5-11/h1-7H,(H,18,19). The summed E-state index contributed by atoms with van der Waals surface area (Å²) in [5, 5.41) is 11.5. The fourth-order valence-electron chi connectivity index (χ4n) is 1.50. The maximum atomic E-state index is 13.5. The van der Waals surface area contributed by atoms with Crippen molar-refractivity contribution in [3.05, 3.63) is 64.4 Å². The molecule has 0 radical (unpaired) electrons. The van der Waals surface area contributed by atoms with E-state index in [1.807, 2.05) is 6.07 Å². The summed E-state index contributed by atoms with van der Waals surface area (Å²) in [5.41, 5.74) is 0.826. The van der Waals surface area contributed by atoms with Gasteiger partial charge in [-0.05, 0) is 42.5 Å². The van der Waals surface area contributed by atoms with Crippen LogP contribution in [0.5, 0.6) is 0 Å². The van der Waals surface area contributed by atoms with Crippen molar-refractivity contribution in [3.8, 4) is 6.07 Å². The number of nitriles is 1. The molecule has 1 amide bonds. The Hall–Kier alpha value is -2.38. The third-order valence-corrected chi connectivity index (χ3v) is 2.68. The second-order valence-corrected chi connectivity index (χ2v) is 4.20. The first-order valence-electron chi connectivity index (χ1n) is 5.37. The molecular weight excluding hydrogens is 267 g/mol. The molecule has 1 N–H and O–H groups in total. The highest BCUT2D eigenvalue weighted by Gasteiger charge is 2.12. The number of hydrogen-bond donors (Lipinski definition) is 1. The maximum absolute atomic E-state index is 13.5. The van der Waals surface area contributed by atoms with E-state index >= 15 is 0 Å². The maximum Gasteiger partial charge on any atom is 0.258 e. The van der Waals surface area contributed by atoms with Gasteiger partial charge in [0, 0.05) is 10.7 Å². The normalized spacial score (nSPS) is 9.74. The van der Waals surface area contributed by atoms with Gasteiger partial charge in [0.05, 0.1) is 17.2 Å². The van der Waals surface area contributed by atoms with Crippen molar-refractivity contribution in [1.82, 2.24) is 0 Å². The van der Waals surface area contributed by atoms with Crippen LogP contribution in [0, 0.1) is 17.1 Å². The Morgan fingerprint density at radius 1 is 1.21 bits per heavy atom. The Kier molecular flexibility index (Phi) is 3.79. The fourth-order valence-corrected chi connectivity index (χ4v) is 1.67. The molecule has 0 bridgehead atoms. The van der Waals surface area contributed by atoms with Gasteiger partial charge in [-0.2, -0.15) is 5.26 Å². The van der Waals surface area contributed by atoms with E-state index in [-0.39, 0.29) is 10.6 Å². The summed E-state index contributed by atoms with van der Waals surface area (Å²) in [6.07, 6.45) is 0. The van der Waals surface area contributed by atoms with Crippen LogP contribution in [0.2, 0.25) is 5.02 Å². The third kappa shape index (κ3) is 3.09. The minimum absolute atomic E-state index is 0.128. The number of nitrogens with zero attached hydrogens (tertiary/aromatic N) is 1. The Morgan fingerprint density at radius 3 is 2.53 bits per heavy atom. The summed E-state index contributed by atoms with van der Waals surface area (Å²) in [6, 6.07) is 12.0. The summed E-state index contributed by atoms with van der Waals surface area (Å²) in [6.45, 7) is 0. The first kappa shape index (κ1) is 13.1. The van der Waals surface area contributed by atoms with E-state index in [1.165, 1.54) is 12.1 Å². The van der Waals surface area contributed by atoms with Crippen LogP contribution < -0.4 is 5.32 Å². The summed E-state index contributed by atoms with van der Waals surface area (Å²) in [4.78, 5) is 11.9. The van der Waals surface area contributed by atoms with Crippen LogP contribution in [0.1, 0.15) is 15.9 Å². The monoisotopic (exact) mass is 274 g/mol. The number of carbonyl (C=O) groups is 1. The van der Waals surface area contributed by atoms with E-state index < -0.39 is 11.7 Å². The number of nitrogens with one attached hydrogen (secondary N) is 1. The molecule has 0 unspecified atom stereocenters. The molecule has 0 aliphatic rings. The molecule has 0 atom stereocenters. The van der Waals surface area contributed by atoms with E-state index in [2.05, 4.69) is 5.32 Å². The zero-order chi connectivity index (χ0) is 13.8. The number of hydrogen-bond acceptors (Lipinski definition) is 2. The molecule has 0 spiro atoms. The Balaban J connectivity index is 2.21. The number of halogens is 2. The molecule has 0 aliphatic carbocycles. The molecule has 0 aromatic heterocycles. The lowest BCUT2D eigenvalue weighted by molar-refractivity contribution is 0.102. The smallest absolute Gasteiger partial charge is 0.258 e. The molecule has 2 aromatic rings. The zero-order valence-corrected chi connectivity index (χ0v) is 10.4. The Morgan fingerprint density at radius 2 is 1.89 bits per heavy atom. The quantitative estimate of drug-likeness (QED) is 0.909. The van der Waals surface area contributed by atoms with E-state index in [4.69, 9.17) is 16.9 Å². The molecular formula is C14H8ClFN2O. The summed E-state index contributed by atoms with van der Waals surface area (Å²) in [7, 11) is 0. The van der Waals surface area contributed by atoms with Gasteiger partial charge in [-0.25, -0.2) is 4.39 Å². The average Bonchev–Trinajstić information content (AvgIpc) is 2.42. The van der Waals surface area contributed by atoms with Crippen LogP contribution in [0.25, 0.3) is 0 Å². The van der Waals surface area contributed by atoms with Gasteiger partial charge in [-0.1, -0.05) is 11.6 Å². The van der Waals surface area contributed by atoms with Crippen molar-refractivity contribution in [2.24, 2.45) is 0 Å². The van der Waals surface area contributed by atoms with E-state index in [0.717, 1.165) is 6.07 Å². The van der Waals surface area contributed by atoms with Crippen molar-refractivity contribution in [1.29, 1.82) is 5.26 Å². The number of benzene rings is 2. The highest BCUT2D eigenvalue weighted by atomic mass is 35.5. The van der Waals surface area contributed by atoms with Gasteiger partial charge in [0.1, 0.15) is 5.82 Å². The number of amides is 1. The molecule has 0 saturated heterocycles. The minimum atomic E-state index is -0.643. The van der Waals surface area contributed by atoms with Crippen LogP contribution in [0.3, 0.4) is 0 Å². The Labute approximate surface area is 114 Å². The second-order valence-electron chi connectivity index (χ2n) is 3.77. The molecule has 0 heterocycles. The molecule has 94 valence electrons. The van der Waals surface area contributed by atoms with Gasteiger partial charge < -0.3 is 5.32 Å². The van der Waals surface area contributed by atoms with Gasteiger partial charge >= 0.3 is 0 Å². The second kappa shape index (κ2) is 5.51. The lowest BCUT2D eigenvalue weighted by Crippen LogP contribution is -2.13. The van der Waals surface area contributed by atoms with Crippen LogP contribution in [-0.4, -0.2) is 5.91 Å². The van der Waals surface area contributed by atoms with Crippen molar-refractivity contribution < 1.29 is 9.18 Å². The van der Waals surface area contributed by atoms with Gasteiger partial charge in [0.25, 0.3) is 5.91 Å². The van der Waals surface area contributed by atoms with Gasteiger partial charge in [0.2, 0.25) is 0 Å². The van der Waals surface area contributed by atoms with Crippen LogP contribution in [0.4, 0.5) is 10.1 Å². The summed E-state index contributed by atoms with van der Waals surface area (Å²) >= 11 is 5.72. The minimum Gasteiger partial charge on any atom is -0.322 e. The van der Waals surface area contributed by atoms with E-state index in [9.17, 15) is 9.18 Å². The molecule has 3 nitrogen and oxygen atoms in total. The van der Waals surface area contributed by atoms with E-state index in [0.29, 0.717) is 11.3 Å². The third-order valence-electron chi connectivity index (χ3n) is 2.44. The van der Waals surface area contributed by atoms with Crippen LogP contribution in [0.15, 0.2) is 42.5 Å². The van der Waals surface area contributed by atoms with Crippen molar-refractivity contribution in [2.45, 2.75) is 0 Å². The van der Waals surface area contributed by atoms with E-state index in [1.54, 1.807) is 24.3 Å². The highest BCUT2D eigenvalue weighted by molar-refractivity contribution is 6.31. The molecule has 19 heavy (non-hydrogen) atoms. The molecule has 2 rings (SSSR count). The average molecular weight is 275 g/mol. The van der Waals surface area contributed by atoms with Crippen molar-refractivity contribution in [2.75, 3.05) is 5.32 Å². The largest absolute Gasteiger partial charge is 0.322 e. The lowest BCUT2D eigenvalue weighted by Gasteiger charge is -2.06. The number of rotatable bonds is 2. The SMILES string of the molecule is N#Cc1ccc(NC(=O)c2cc(Cl)ccc2F)cc1. The summed E-state index contributed by atoms with van der Waals surface area (Å²) < 4.78 is 13.5. The Bertz CT molecular complexity index is 662. The number of anilines is 1. The predicted molar refractivity (Wildman–Crippen MR) is 70.5 cm³/mol.